The monoisotopic (exact) mass is 230 g/mol. The van der Waals surface area contributed by atoms with E-state index in [4.69, 9.17) is 15.2 Å². The SMILES string of the molecule is CCc1cc(N)c2cc3c(cc2n1)OCCO3. The summed E-state index contributed by atoms with van der Waals surface area (Å²) in [6.07, 6.45) is 0.870. The van der Waals surface area contributed by atoms with Gasteiger partial charge < -0.3 is 15.2 Å². The molecule has 0 aliphatic carbocycles. The molecule has 88 valence electrons. The molecular formula is C13H14N2O2. The van der Waals surface area contributed by atoms with Gasteiger partial charge in [-0.25, -0.2) is 0 Å². The van der Waals surface area contributed by atoms with Crippen LogP contribution in [-0.4, -0.2) is 18.2 Å². The molecule has 17 heavy (non-hydrogen) atoms. The Kier molecular flexibility index (Phi) is 2.28. The van der Waals surface area contributed by atoms with Gasteiger partial charge >= 0.3 is 0 Å². The second-order valence-electron chi connectivity index (χ2n) is 4.07. The lowest BCUT2D eigenvalue weighted by molar-refractivity contribution is 0.172. The largest absolute Gasteiger partial charge is 0.486 e. The summed E-state index contributed by atoms with van der Waals surface area (Å²) < 4.78 is 11.1. The number of aryl methyl sites for hydroxylation is 1. The number of nitrogens with two attached hydrogens (primary N) is 1. The fourth-order valence-electron chi connectivity index (χ4n) is 2.03. The average molecular weight is 230 g/mol. The number of hydrogen-bond donors (Lipinski definition) is 1. The molecular weight excluding hydrogens is 216 g/mol. The number of nitrogens with zero attached hydrogens (tertiary/aromatic N) is 1. The van der Waals surface area contributed by atoms with Crippen molar-refractivity contribution in [1.82, 2.24) is 4.98 Å². The van der Waals surface area contributed by atoms with Crippen LogP contribution in [0.1, 0.15) is 12.6 Å². The van der Waals surface area contributed by atoms with Gasteiger partial charge in [-0.3, -0.25) is 4.98 Å². The molecule has 0 saturated carbocycles. The molecule has 2 N–H and O–H groups in total. The van der Waals surface area contributed by atoms with Gasteiger partial charge in [0.15, 0.2) is 11.5 Å². The Morgan fingerprint density at radius 2 is 1.88 bits per heavy atom. The first kappa shape index (κ1) is 10.2. The molecule has 0 amide bonds. The zero-order valence-electron chi connectivity index (χ0n) is 9.69. The predicted octanol–water partition coefficient (Wildman–Crippen LogP) is 2.15. The van der Waals surface area contributed by atoms with Gasteiger partial charge in [0.2, 0.25) is 0 Å². The second kappa shape index (κ2) is 3.80. The van der Waals surface area contributed by atoms with Gasteiger partial charge in [0, 0.05) is 22.8 Å². The summed E-state index contributed by atoms with van der Waals surface area (Å²) in [6, 6.07) is 5.73. The number of aromatic nitrogens is 1. The molecule has 2 aromatic rings. The van der Waals surface area contributed by atoms with Gasteiger partial charge in [0.05, 0.1) is 5.52 Å². The van der Waals surface area contributed by atoms with Gasteiger partial charge in [-0.2, -0.15) is 0 Å². The van der Waals surface area contributed by atoms with Crippen molar-refractivity contribution < 1.29 is 9.47 Å². The van der Waals surface area contributed by atoms with E-state index >= 15 is 0 Å². The highest BCUT2D eigenvalue weighted by Crippen LogP contribution is 2.36. The number of benzene rings is 1. The van der Waals surface area contributed by atoms with E-state index < -0.39 is 0 Å². The van der Waals surface area contributed by atoms with Crippen LogP contribution in [0.4, 0.5) is 5.69 Å². The number of hydrogen-bond acceptors (Lipinski definition) is 4. The van der Waals surface area contributed by atoms with E-state index in [2.05, 4.69) is 11.9 Å². The minimum absolute atomic E-state index is 0.582. The van der Waals surface area contributed by atoms with E-state index in [0.717, 1.165) is 40.2 Å². The topological polar surface area (TPSA) is 57.4 Å². The molecule has 0 saturated heterocycles. The van der Waals surface area contributed by atoms with Gasteiger partial charge in [-0.05, 0) is 18.6 Å². The number of ether oxygens (including phenoxy) is 2. The summed E-state index contributed by atoms with van der Waals surface area (Å²) in [6.45, 7) is 3.23. The Morgan fingerprint density at radius 3 is 2.59 bits per heavy atom. The summed E-state index contributed by atoms with van der Waals surface area (Å²) in [4.78, 5) is 4.55. The van der Waals surface area contributed by atoms with Crippen LogP contribution >= 0.6 is 0 Å². The maximum Gasteiger partial charge on any atom is 0.163 e. The second-order valence-corrected chi connectivity index (χ2v) is 4.07. The third-order valence-corrected chi connectivity index (χ3v) is 2.92. The van der Waals surface area contributed by atoms with Gasteiger partial charge in [-0.15, -0.1) is 0 Å². The van der Waals surface area contributed by atoms with E-state index in [0.29, 0.717) is 13.2 Å². The van der Waals surface area contributed by atoms with Crippen LogP contribution in [0, 0.1) is 0 Å². The zero-order chi connectivity index (χ0) is 11.8. The molecule has 2 heterocycles. The van der Waals surface area contributed by atoms with Crippen LogP contribution in [0.5, 0.6) is 11.5 Å². The number of nitrogen functional groups attached to an aromatic ring is 1. The highest BCUT2D eigenvalue weighted by Gasteiger charge is 2.14. The van der Waals surface area contributed by atoms with Crippen LogP contribution < -0.4 is 15.2 Å². The third-order valence-electron chi connectivity index (χ3n) is 2.92. The Bertz CT molecular complexity index is 581. The maximum atomic E-state index is 6.03. The van der Waals surface area contributed by atoms with Crippen molar-refractivity contribution in [3.8, 4) is 11.5 Å². The molecule has 1 aromatic heterocycles. The van der Waals surface area contributed by atoms with Crippen molar-refractivity contribution in [2.75, 3.05) is 18.9 Å². The number of rotatable bonds is 1. The van der Waals surface area contributed by atoms with Crippen LogP contribution in [-0.2, 0) is 6.42 Å². The van der Waals surface area contributed by atoms with Crippen molar-refractivity contribution in [1.29, 1.82) is 0 Å². The van der Waals surface area contributed by atoms with Crippen LogP contribution in [0.3, 0.4) is 0 Å². The first-order valence-corrected chi connectivity index (χ1v) is 5.76. The molecule has 0 atom stereocenters. The molecule has 0 fully saturated rings. The fourth-order valence-corrected chi connectivity index (χ4v) is 2.03. The highest BCUT2D eigenvalue weighted by molar-refractivity contribution is 5.92. The summed E-state index contributed by atoms with van der Waals surface area (Å²) in [5, 5.41) is 0.923. The van der Waals surface area contributed by atoms with Crippen molar-refractivity contribution >= 4 is 16.6 Å². The lowest BCUT2D eigenvalue weighted by Gasteiger charge is -2.19. The summed E-state index contributed by atoms with van der Waals surface area (Å²) >= 11 is 0. The number of anilines is 1. The van der Waals surface area contributed by atoms with Gasteiger partial charge in [0.1, 0.15) is 13.2 Å². The zero-order valence-corrected chi connectivity index (χ0v) is 9.69. The van der Waals surface area contributed by atoms with Gasteiger partial charge in [-0.1, -0.05) is 6.92 Å². The molecule has 1 aromatic carbocycles. The molecule has 4 heteroatoms. The Balaban J connectivity index is 2.26. The van der Waals surface area contributed by atoms with E-state index in [-0.39, 0.29) is 0 Å². The number of pyridine rings is 1. The molecule has 1 aliphatic rings. The van der Waals surface area contributed by atoms with E-state index in [1.165, 1.54) is 0 Å². The minimum atomic E-state index is 0.582. The van der Waals surface area contributed by atoms with Crippen LogP contribution in [0.15, 0.2) is 18.2 Å². The molecule has 3 rings (SSSR count). The van der Waals surface area contributed by atoms with Crippen molar-refractivity contribution in [3.63, 3.8) is 0 Å². The molecule has 1 aliphatic heterocycles. The van der Waals surface area contributed by atoms with Crippen molar-refractivity contribution in [2.24, 2.45) is 0 Å². The summed E-state index contributed by atoms with van der Waals surface area (Å²) in [7, 11) is 0. The van der Waals surface area contributed by atoms with E-state index in [1.807, 2.05) is 18.2 Å². The van der Waals surface area contributed by atoms with Gasteiger partial charge in [0.25, 0.3) is 0 Å². The fraction of sp³-hybridized carbons (Fsp3) is 0.308. The molecule has 0 unspecified atom stereocenters. The summed E-state index contributed by atoms with van der Waals surface area (Å²) in [5.41, 5.74) is 8.63. The standard InChI is InChI=1S/C13H14N2O2/c1-2-8-5-10(14)9-6-12-13(7-11(9)15-8)17-4-3-16-12/h5-7H,2-4H2,1H3,(H2,14,15). The lowest BCUT2D eigenvalue weighted by Crippen LogP contribution is -2.15. The molecule has 4 nitrogen and oxygen atoms in total. The van der Waals surface area contributed by atoms with E-state index in [1.54, 1.807) is 0 Å². The Morgan fingerprint density at radius 1 is 1.18 bits per heavy atom. The minimum Gasteiger partial charge on any atom is -0.486 e. The van der Waals surface area contributed by atoms with Crippen molar-refractivity contribution in [3.05, 3.63) is 23.9 Å². The quantitative estimate of drug-likeness (QED) is 0.815. The van der Waals surface area contributed by atoms with Crippen LogP contribution in [0.25, 0.3) is 10.9 Å². The molecule has 0 radical (unpaired) electrons. The lowest BCUT2D eigenvalue weighted by atomic mass is 10.1. The normalized spacial score (nSPS) is 13.9. The van der Waals surface area contributed by atoms with E-state index in [9.17, 15) is 0 Å². The van der Waals surface area contributed by atoms with Crippen LogP contribution in [0.2, 0.25) is 0 Å². The molecule has 0 spiro atoms. The first-order chi connectivity index (χ1) is 8.28. The molecule has 0 bridgehead atoms. The Hall–Kier alpha value is -1.97. The van der Waals surface area contributed by atoms with Crippen molar-refractivity contribution in [2.45, 2.75) is 13.3 Å². The number of fused-ring (bicyclic) bond motifs is 2. The smallest absolute Gasteiger partial charge is 0.163 e. The third kappa shape index (κ3) is 1.65. The summed E-state index contributed by atoms with van der Waals surface area (Å²) in [5.74, 6) is 1.51. The average Bonchev–Trinajstić information content (AvgIpc) is 2.36. The Labute approximate surface area is 99.4 Å². The predicted molar refractivity (Wildman–Crippen MR) is 66.5 cm³/mol. The maximum absolute atomic E-state index is 6.03. The first-order valence-electron chi connectivity index (χ1n) is 5.76. The highest BCUT2D eigenvalue weighted by atomic mass is 16.6.